The topological polar surface area (TPSA) is 108 Å². The summed E-state index contributed by atoms with van der Waals surface area (Å²) in [6.45, 7) is 0.832. The quantitative estimate of drug-likeness (QED) is 0.737. The van der Waals surface area contributed by atoms with Gasteiger partial charge in [-0.1, -0.05) is 12.1 Å². The van der Waals surface area contributed by atoms with Gasteiger partial charge >= 0.3 is 0 Å². The summed E-state index contributed by atoms with van der Waals surface area (Å²) in [5.41, 5.74) is 1.10. The lowest BCUT2D eigenvalue weighted by atomic mass is 10.2. The third-order valence-corrected chi connectivity index (χ3v) is 5.20. The number of aromatic nitrogens is 4. The van der Waals surface area contributed by atoms with Crippen LogP contribution in [0.2, 0.25) is 0 Å². The molecule has 10 heteroatoms. The van der Waals surface area contributed by atoms with Crippen LogP contribution in [0.4, 0.5) is 5.69 Å². The van der Waals surface area contributed by atoms with Crippen molar-refractivity contribution in [1.82, 2.24) is 20.2 Å². The number of nitrogens with one attached hydrogen (secondary N) is 1. The largest absolute Gasteiger partial charge is 0.486 e. The molecule has 0 radical (unpaired) electrons. The van der Waals surface area contributed by atoms with Gasteiger partial charge in [0.05, 0.1) is 4.90 Å². The van der Waals surface area contributed by atoms with E-state index >= 15 is 0 Å². The summed E-state index contributed by atoms with van der Waals surface area (Å²) in [6.07, 6.45) is 0. The number of rotatable bonds is 4. The van der Waals surface area contributed by atoms with Crippen LogP contribution < -0.4 is 14.2 Å². The Bertz CT molecular complexity index is 1060. The van der Waals surface area contributed by atoms with Crippen LogP contribution in [0.5, 0.6) is 11.5 Å². The molecule has 0 amide bonds. The number of aryl methyl sites for hydroxylation is 1. The molecule has 2 aromatic carbocycles. The fourth-order valence-electron chi connectivity index (χ4n) is 2.60. The van der Waals surface area contributed by atoms with E-state index in [1.807, 2.05) is 0 Å². The number of nitrogens with zero attached hydrogens (tertiary/aromatic N) is 4. The molecule has 4 rings (SSSR count). The van der Waals surface area contributed by atoms with Crippen molar-refractivity contribution in [1.29, 1.82) is 0 Å². The number of tetrazole rings is 1. The molecule has 1 aliphatic rings. The van der Waals surface area contributed by atoms with Crippen molar-refractivity contribution in [2.75, 3.05) is 17.9 Å². The maximum Gasteiger partial charge on any atom is 0.262 e. The Morgan fingerprint density at radius 3 is 2.65 bits per heavy atom. The molecular formula is C16H15N5O4S. The number of hydrogen-bond donors (Lipinski definition) is 1. The zero-order valence-corrected chi connectivity index (χ0v) is 14.6. The maximum absolute atomic E-state index is 12.7. The van der Waals surface area contributed by atoms with Crippen LogP contribution >= 0.6 is 0 Å². The zero-order chi connectivity index (χ0) is 18.1. The van der Waals surface area contributed by atoms with Crippen LogP contribution in [-0.2, 0) is 17.1 Å². The van der Waals surface area contributed by atoms with Gasteiger partial charge in [-0.15, -0.1) is 5.10 Å². The second-order valence-electron chi connectivity index (χ2n) is 5.62. The Balaban J connectivity index is 1.63. The average molecular weight is 373 g/mol. The number of sulfonamides is 1. The monoisotopic (exact) mass is 373 g/mol. The van der Waals surface area contributed by atoms with E-state index in [2.05, 4.69) is 20.2 Å². The second kappa shape index (κ2) is 6.30. The highest BCUT2D eigenvalue weighted by atomic mass is 32.2. The van der Waals surface area contributed by atoms with Crippen LogP contribution in [0.25, 0.3) is 11.4 Å². The van der Waals surface area contributed by atoms with E-state index in [0.29, 0.717) is 41.8 Å². The van der Waals surface area contributed by atoms with E-state index in [9.17, 15) is 8.42 Å². The molecule has 0 atom stereocenters. The van der Waals surface area contributed by atoms with Gasteiger partial charge < -0.3 is 9.47 Å². The van der Waals surface area contributed by atoms with Crippen LogP contribution in [0.15, 0.2) is 47.4 Å². The van der Waals surface area contributed by atoms with Crippen molar-refractivity contribution in [3.8, 4) is 22.9 Å². The zero-order valence-electron chi connectivity index (χ0n) is 13.8. The second-order valence-corrected chi connectivity index (χ2v) is 7.30. The molecule has 0 bridgehead atoms. The third-order valence-electron chi connectivity index (χ3n) is 3.82. The number of fused-ring (bicyclic) bond motifs is 1. The molecule has 2 heterocycles. The molecule has 0 saturated heterocycles. The number of benzene rings is 2. The van der Waals surface area contributed by atoms with Gasteiger partial charge in [0.25, 0.3) is 10.0 Å². The summed E-state index contributed by atoms with van der Waals surface area (Å²) in [7, 11) is -2.08. The Hall–Kier alpha value is -3.14. The summed E-state index contributed by atoms with van der Waals surface area (Å²) in [6, 6.07) is 11.4. The van der Waals surface area contributed by atoms with E-state index < -0.39 is 10.0 Å². The first-order chi connectivity index (χ1) is 12.5. The summed E-state index contributed by atoms with van der Waals surface area (Å²) in [5.74, 6) is 1.48. The molecule has 9 nitrogen and oxygen atoms in total. The van der Waals surface area contributed by atoms with Crippen LogP contribution in [0, 0.1) is 0 Å². The molecule has 134 valence electrons. The average Bonchev–Trinajstić information content (AvgIpc) is 3.07. The summed E-state index contributed by atoms with van der Waals surface area (Å²) < 4.78 is 40.3. The summed E-state index contributed by atoms with van der Waals surface area (Å²) in [4.78, 5) is 0.0903. The Morgan fingerprint density at radius 2 is 1.88 bits per heavy atom. The van der Waals surface area contributed by atoms with Crippen molar-refractivity contribution >= 4 is 15.7 Å². The number of ether oxygens (including phenoxy) is 2. The molecular weight excluding hydrogens is 358 g/mol. The molecule has 3 aromatic rings. The predicted octanol–water partition coefficient (Wildman–Crippen LogP) is 1.45. The smallest absolute Gasteiger partial charge is 0.262 e. The minimum Gasteiger partial charge on any atom is -0.486 e. The fourth-order valence-corrected chi connectivity index (χ4v) is 3.67. The van der Waals surface area contributed by atoms with Crippen molar-refractivity contribution in [3.63, 3.8) is 0 Å². The van der Waals surface area contributed by atoms with Gasteiger partial charge in [0.1, 0.15) is 13.2 Å². The molecule has 26 heavy (non-hydrogen) atoms. The molecule has 1 aliphatic heterocycles. The van der Waals surface area contributed by atoms with Crippen molar-refractivity contribution in [2.45, 2.75) is 4.90 Å². The Morgan fingerprint density at radius 1 is 1.08 bits per heavy atom. The number of anilines is 1. The number of hydrogen-bond acceptors (Lipinski definition) is 7. The van der Waals surface area contributed by atoms with Crippen molar-refractivity contribution < 1.29 is 17.9 Å². The van der Waals surface area contributed by atoms with Crippen molar-refractivity contribution in [2.24, 2.45) is 7.05 Å². The molecule has 0 aliphatic carbocycles. The molecule has 0 fully saturated rings. The molecule has 0 spiro atoms. The van der Waals surface area contributed by atoms with E-state index in [4.69, 9.17) is 9.47 Å². The predicted molar refractivity (Wildman–Crippen MR) is 92.5 cm³/mol. The standard InChI is InChI=1S/C16H15N5O4S/c1-21-16(17-19-20-21)11-3-2-4-12(9-11)18-26(22,23)13-5-6-14-15(10-13)25-8-7-24-14/h2-6,9-10,18H,7-8H2,1H3. The lowest BCUT2D eigenvalue weighted by molar-refractivity contribution is 0.171. The highest BCUT2D eigenvalue weighted by Gasteiger charge is 2.20. The third kappa shape index (κ3) is 3.06. The van der Waals surface area contributed by atoms with Crippen LogP contribution in [-0.4, -0.2) is 41.8 Å². The lowest BCUT2D eigenvalue weighted by Crippen LogP contribution is -2.17. The lowest BCUT2D eigenvalue weighted by Gasteiger charge is -2.19. The van der Waals surface area contributed by atoms with Gasteiger partial charge in [-0.3, -0.25) is 4.72 Å². The minimum absolute atomic E-state index is 0.0903. The molecule has 0 unspecified atom stereocenters. The minimum atomic E-state index is -3.79. The van der Waals surface area contributed by atoms with Gasteiger partial charge in [0.2, 0.25) is 0 Å². The van der Waals surface area contributed by atoms with Crippen molar-refractivity contribution in [3.05, 3.63) is 42.5 Å². The Kier molecular flexibility index (Phi) is 3.96. The summed E-state index contributed by atoms with van der Waals surface area (Å²) >= 11 is 0. The molecule has 1 aromatic heterocycles. The van der Waals surface area contributed by atoms with Gasteiger partial charge in [-0.2, -0.15) is 0 Å². The van der Waals surface area contributed by atoms with E-state index in [1.54, 1.807) is 37.4 Å². The highest BCUT2D eigenvalue weighted by Crippen LogP contribution is 2.33. The highest BCUT2D eigenvalue weighted by molar-refractivity contribution is 7.92. The molecule has 1 N–H and O–H groups in total. The van der Waals surface area contributed by atoms with Gasteiger partial charge in [-0.05, 0) is 34.7 Å². The maximum atomic E-state index is 12.7. The first-order valence-electron chi connectivity index (χ1n) is 7.78. The first kappa shape index (κ1) is 16.3. The summed E-state index contributed by atoms with van der Waals surface area (Å²) in [5, 5.41) is 11.3. The van der Waals surface area contributed by atoms with Gasteiger partial charge in [0.15, 0.2) is 17.3 Å². The van der Waals surface area contributed by atoms with E-state index in [1.165, 1.54) is 16.8 Å². The SMILES string of the molecule is Cn1nnnc1-c1cccc(NS(=O)(=O)c2ccc3c(c2)OCCO3)c1. The normalized spacial score (nSPS) is 13.4. The van der Waals surface area contributed by atoms with Crippen LogP contribution in [0.3, 0.4) is 0 Å². The molecule has 0 saturated carbocycles. The van der Waals surface area contributed by atoms with Gasteiger partial charge in [-0.25, -0.2) is 13.1 Å². The van der Waals surface area contributed by atoms with Crippen LogP contribution in [0.1, 0.15) is 0 Å². The Labute approximate surface area is 149 Å². The van der Waals surface area contributed by atoms with Gasteiger partial charge in [0, 0.05) is 24.4 Å². The van der Waals surface area contributed by atoms with E-state index in [-0.39, 0.29) is 4.90 Å². The van der Waals surface area contributed by atoms with E-state index in [0.717, 1.165) is 0 Å². The first-order valence-corrected chi connectivity index (χ1v) is 9.26. The fraction of sp³-hybridized carbons (Fsp3) is 0.188.